The normalized spacial score (nSPS) is 14.8. The first-order valence-electron chi connectivity index (χ1n) is 9.93. The van der Waals surface area contributed by atoms with Gasteiger partial charge in [-0.15, -0.1) is 0 Å². The van der Waals surface area contributed by atoms with Gasteiger partial charge < -0.3 is 14.8 Å². The zero-order valence-electron chi connectivity index (χ0n) is 17.4. The summed E-state index contributed by atoms with van der Waals surface area (Å²) in [6, 6.07) is 14.2. The van der Waals surface area contributed by atoms with Crippen LogP contribution in [0, 0.1) is 0 Å². The summed E-state index contributed by atoms with van der Waals surface area (Å²) in [6.45, 7) is 2.34. The van der Waals surface area contributed by atoms with Crippen LogP contribution in [0.15, 0.2) is 53.4 Å². The molecule has 1 fully saturated rings. The van der Waals surface area contributed by atoms with Gasteiger partial charge >= 0.3 is 0 Å². The van der Waals surface area contributed by atoms with Gasteiger partial charge in [-0.25, -0.2) is 0 Å². The van der Waals surface area contributed by atoms with Crippen molar-refractivity contribution in [1.82, 2.24) is 4.90 Å². The summed E-state index contributed by atoms with van der Waals surface area (Å²) in [5.74, 6) is 0.232. The molecule has 1 aliphatic heterocycles. The second-order valence-electron chi connectivity index (χ2n) is 6.79. The lowest BCUT2D eigenvalue weighted by atomic mass is 10.2. The van der Waals surface area contributed by atoms with Crippen molar-refractivity contribution in [2.75, 3.05) is 25.6 Å². The van der Waals surface area contributed by atoms with Crippen LogP contribution in [-0.2, 0) is 9.59 Å². The molecule has 31 heavy (non-hydrogen) atoms. The number of hydrogen-bond acceptors (Lipinski definition) is 6. The first kappa shape index (κ1) is 22.4. The van der Waals surface area contributed by atoms with Gasteiger partial charge in [0.25, 0.3) is 11.1 Å². The predicted molar refractivity (Wildman–Crippen MR) is 121 cm³/mol. The van der Waals surface area contributed by atoms with E-state index in [4.69, 9.17) is 9.47 Å². The third kappa shape index (κ3) is 5.88. The van der Waals surface area contributed by atoms with Crippen LogP contribution in [0.25, 0.3) is 6.08 Å². The molecule has 1 heterocycles. The molecule has 0 aliphatic carbocycles. The van der Waals surface area contributed by atoms with Gasteiger partial charge in [-0.05, 0) is 54.1 Å². The van der Waals surface area contributed by atoms with E-state index >= 15 is 0 Å². The van der Waals surface area contributed by atoms with Crippen LogP contribution in [0.2, 0.25) is 0 Å². The molecule has 1 N–H and O–H groups in total. The fraction of sp³-hybridized carbons (Fsp3) is 0.261. The number of hydrogen-bond donors (Lipinski definition) is 1. The van der Waals surface area contributed by atoms with Gasteiger partial charge in [0.1, 0.15) is 6.54 Å². The van der Waals surface area contributed by atoms with Crippen molar-refractivity contribution < 1.29 is 23.9 Å². The molecule has 0 aromatic heterocycles. The van der Waals surface area contributed by atoms with Gasteiger partial charge in [-0.1, -0.05) is 37.6 Å². The summed E-state index contributed by atoms with van der Waals surface area (Å²) in [7, 11) is 1.55. The Morgan fingerprint density at radius 3 is 2.61 bits per heavy atom. The number of carbonyl (C=O) groups excluding carboxylic acids is 3. The van der Waals surface area contributed by atoms with Gasteiger partial charge in [-0.2, -0.15) is 0 Å². The van der Waals surface area contributed by atoms with Gasteiger partial charge in [0.2, 0.25) is 5.91 Å². The molecule has 2 aromatic carbocycles. The van der Waals surface area contributed by atoms with E-state index in [1.165, 1.54) is 0 Å². The number of ether oxygens (including phenoxy) is 2. The molecule has 0 atom stereocenters. The number of rotatable bonds is 9. The van der Waals surface area contributed by atoms with Crippen molar-refractivity contribution in [2.45, 2.75) is 19.8 Å². The number of nitrogens with zero attached hydrogens (tertiary/aromatic N) is 1. The molecule has 3 amide bonds. The lowest BCUT2D eigenvalue weighted by Gasteiger charge is -2.12. The van der Waals surface area contributed by atoms with Crippen LogP contribution < -0.4 is 14.8 Å². The van der Waals surface area contributed by atoms with E-state index in [0.29, 0.717) is 29.4 Å². The second kappa shape index (κ2) is 10.7. The molecular formula is C23H24N2O5S. The van der Waals surface area contributed by atoms with E-state index in [0.717, 1.165) is 29.5 Å². The molecular weight excluding hydrogens is 416 g/mol. The van der Waals surface area contributed by atoms with Crippen molar-refractivity contribution in [2.24, 2.45) is 0 Å². The fourth-order valence-corrected chi connectivity index (χ4v) is 3.71. The van der Waals surface area contributed by atoms with E-state index in [-0.39, 0.29) is 11.4 Å². The van der Waals surface area contributed by atoms with Crippen LogP contribution in [0.4, 0.5) is 10.5 Å². The van der Waals surface area contributed by atoms with Gasteiger partial charge in [0, 0.05) is 5.69 Å². The Labute approximate surface area is 185 Å². The summed E-state index contributed by atoms with van der Waals surface area (Å²) in [5, 5.41) is 2.19. The number of imide groups is 1. The van der Waals surface area contributed by atoms with E-state index in [1.54, 1.807) is 55.7 Å². The number of thioether (sulfide) groups is 1. The summed E-state index contributed by atoms with van der Waals surface area (Å²) < 4.78 is 11.1. The smallest absolute Gasteiger partial charge is 0.294 e. The molecule has 0 unspecified atom stereocenters. The molecule has 7 nitrogen and oxygen atoms in total. The molecule has 0 spiro atoms. The van der Waals surface area contributed by atoms with E-state index < -0.39 is 17.1 Å². The number of benzene rings is 2. The number of carbonyl (C=O) groups is 3. The first-order chi connectivity index (χ1) is 15.0. The third-order valence-electron chi connectivity index (χ3n) is 4.47. The number of methoxy groups -OCH3 is 1. The molecule has 8 heteroatoms. The molecule has 1 aliphatic rings. The summed E-state index contributed by atoms with van der Waals surface area (Å²) in [6.07, 6.45) is 3.58. The van der Waals surface area contributed by atoms with E-state index in [2.05, 4.69) is 12.2 Å². The highest BCUT2D eigenvalue weighted by Crippen LogP contribution is 2.34. The van der Waals surface area contributed by atoms with Crippen molar-refractivity contribution >= 4 is 40.6 Å². The monoisotopic (exact) mass is 440 g/mol. The average molecular weight is 441 g/mol. The maximum Gasteiger partial charge on any atom is 0.294 e. The summed E-state index contributed by atoms with van der Waals surface area (Å²) in [5.41, 5.74) is 1.29. The molecule has 1 saturated heterocycles. The average Bonchev–Trinajstić information content (AvgIpc) is 3.02. The maximum atomic E-state index is 12.7. The Bertz CT molecular complexity index is 991. The Kier molecular flexibility index (Phi) is 7.72. The third-order valence-corrected chi connectivity index (χ3v) is 5.38. The van der Waals surface area contributed by atoms with Gasteiger partial charge in [0.15, 0.2) is 11.5 Å². The van der Waals surface area contributed by atoms with Crippen LogP contribution in [-0.4, -0.2) is 42.2 Å². The zero-order valence-corrected chi connectivity index (χ0v) is 18.2. The van der Waals surface area contributed by atoms with Crippen molar-refractivity contribution in [3.05, 3.63) is 59.0 Å². The summed E-state index contributed by atoms with van der Waals surface area (Å²) >= 11 is 0.806. The van der Waals surface area contributed by atoms with Gasteiger partial charge in [0.05, 0.1) is 18.6 Å². The van der Waals surface area contributed by atoms with Crippen molar-refractivity contribution in [1.29, 1.82) is 0 Å². The van der Waals surface area contributed by atoms with Crippen LogP contribution in [0.1, 0.15) is 25.3 Å². The summed E-state index contributed by atoms with van der Waals surface area (Å²) in [4.78, 5) is 38.4. The topological polar surface area (TPSA) is 84.9 Å². The first-order valence-corrected chi connectivity index (χ1v) is 10.7. The number of amides is 3. The van der Waals surface area contributed by atoms with Crippen LogP contribution in [0.5, 0.6) is 11.5 Å². The quantitative estimate of drug-likeness (QED) is 0.455. The number of unbranched alkanes of at least 4 members (excludes halogenated alkanes) is 1. The molecule has 0 bridgehead atoms. The Morgan fingerprint density at radius 1 is 1.13 bits per heavy atom. The van der Waals surface area contributed by atoms with Crippen molar-refractivity contribution in [3.63, 3.8) is 0 Å². The number of para-hydroxylation sites is 1. The fourth-order valence-electron chi connectivity index (χ4n) is 2.87. The highest BCUT2D eigenvalue weighted by Gasteiger charge is 2.36. The van der Waals surface area contributed by atoms with Gasteiger partial charge in [-0.3, -0.25) is 19.3 Å². The van der Waals surface area contributed by atoms with E-state index in [9.17, 15) is 14.4 Å². The lowest BCUT2D eigenvalue weighted by molar-refractivity contribution is -0.127. The molecule has 3 rings (SSSR count). The molecule has 162 valence electrons. The maximum absolute atomic E-state index is 12.7. The number of anilines is 1. The minimum atomic E-state index is -0.500. The van der Waals surface area contributed by atoms with E-state index in [1.807, 2.05) is 6.07 Å². The largest absolute Gasteiger partial charge is 0.493 e. The molecule has 0 radical (unpaired) electrons. The predicted octanol–water partition coefficient (Wildman–Crippen LogP) is 4.55. The Balaban J connectivity index is 1.68. The highest BCUT2D eigenvalue weighted by molar-refractivity contribution is 8.18. The standard InChI is InChI=1S/C23H24N2O5S/c1-3-4-12-30-18-11-10-16(13-19(18)29-2)14-20-22(27)25(23(28)31-20)15-21(26)24-17-8-6-5-7-9-17/h5-11,13-14H,3-4,12,15H2,1-2H3,(H,24,26)/b20-14-. The lowest BCUT2D eigenvalue weighted by Crippen LogP contribution is -2.36. The van der Waals surface area contributed by atoms with Crippen LogP contribution >= 0.6 is 11.8 Å². The number of nitrogens with one attached hydrogen (secondary N) is 1. The minimum absolute atomic E-state index is 0.249. The molecule has 2 aromatic rings. The molecule has 0 saturated carbocycles. The Hall–Kier alpha value is -3.26. The minimum Gasteiger partial charge on any atom is -0.493 e. The highest BCUT2D eigenvalue weighted by atomic mass is 32.2. The zero-order chi connectivity index (χ0) is 22.2. The second-order valence-corrected chi connectivity index (χ2v) is 7.79. The van der Waals surface area contributed by atoms with Crippen molar-refractivity contribution in [3.8, 4) is 11.5 Å². The van der Waals surface area contributed by atoms with Crippen LogP contribution in [0.3, 0.4) is 0 Å². The Morgan fingerprint density at radius 2 is 1.90 bits per heavy atom. The SMILES string of the molecule is CCCCOc1ccc(/C=C2\SC(=O)N(CC(=O)Nc3ccccc3)C2=O)cc1OC.